The summed E-state index contributed by atoms with van der Waals surface area (Å²) in [6.45, 7) is 2.31. The van der Waals surface area contributed by atoms with E-state index in [1.165, 1.54) is 31.2 Å². The highest BCUT2D eigenvalue weighted by Crippen LogP contribution is 2.26. The molecule has 0 aromatic heterocycles. The Morgan fingerprint density at radius 1 is 1.00 bits per heavy atom. The molecule has 10 heteroatoms. The number of carbonyl (C=O) groups is 2. The van der Waals surface area contributed by atoms with Crippen molar-refractivity contribution in [2.75, 3.05) is 20.2 Å². The van der Waals surface area contributed by atoms with Gasteiger partial charge in [0.05, 0.1) is 12.6 Å². The minimum Gasteiger partial charge on any atom is -0.494 e. The molecule has 0 aliphatic carbocycles. The van der Waals surface area contributed by atoms with Crippen molar-refractivity contribution >= 4 is 12.0 Å². The number of nitrogens with zero attached hydrogens (tertiary/aromatic N) is 2. The first-order valence-electron chi connectivity index (χ1n) is 12.4. The second-order valence-corrected chi connectivity index (χ2v) is 9.70. The summed E-state index contributed by atoms with van der Waals surface area (Å²) in [7, 11) is 1.69. The lowest BCUT2D eigenvalue weighted by Crippen LogP contribution is -2.43. The van der Waals surface area contributed by atoms with Crippen LogP contribution >= 0.6 is 0 Å². The molecule has 2 unspecified atom stereocenters. The van der Waals surface area contributed by atoms with Crippen LogP contribution in [0.5, 0.6) is 11.5 Å². The molecule has 7 nitrogen and oxygen atoms in total. The van der Waals surface area contributed by atoms with Crippen molar-refractivity contribution < 1.29 is 37.3 Å². The van der Waals surface area contributed by atoms with Crippen molar-refractivity contribution in [2.45, 2.75) is 38.0 Å². The fourth-order valence-corrected chi connectivity index (χ4v) is 4.44. The zero-order valence-electron chi connectivity index (χ0n) is 21.6. The van der Waals surface area contributed by atoms with E-state index in [1.54, 1.807) is 47.2 Å². The van der Waals surface area contributed by atoms with Gasteiger partial charge in [-0.05, 0) is 54.4 Å². The molecule has 0 radical (unpaired) electrons. The zero-order valence-corrected chi connectivity index (χ0v) is 21.6. The molecule has 2 amide bonds. The number of ether oxygens (including phenoxy) is 2. The Morgan fingerprint density at radius 2 is 1.69 bits per heavy atom. The summed E-state index contributed by atoms with van der Waals surface area (Å²) in [4.78, 5) is 27.7. The summed E-state index contributed by atoms with van der Waals surface area (Å²) in [5.74, 6) is -3.32. The minimum atomic E-state index is -1.68. The molecule has 1 saturated heterocycles. The van der Waals surface area contributed by atoms with E-state index in [9.17, 15) is 27.9 Å². The second kappa shape index (κ2) is 11.7. The Bertz CT molecular complexity index is 1340. The molecular weight excluding hydrogens is 513 g/mol. The molecule has 2 atom stereocenters. The molecule has 1 fully saturated rings. The molecule has 1 aliphatic heterocycles. The summed E-state index contributed by atoms with van der Waals surface area (Å²) in [6.07, 6.45) is 0.547. The fourth-order valence-electron chi connectivity index (χ4n) is 4.44. The number of carboxylic acids is 1. The number of hydrogen-bond donors (Lipinski definition) is 1. The standard InChI is InChI=1S/C29H29F3N2O5/c1-29(27(35)36,39-26-6-4-3-5-24(26)31)16-19-7-10-22(11-8-19)38-14-13-21-18-34(28(37)33(21)2)17-20-9-12-23(30)25(32)15-20/h3-12,15,21H,13-14,16-18H2,1-2H3,(H,35,36). The van der Waals surface area contributed by atoms with E-state index in [0.29, 0.717) is 36.4 Å². The molecule has 1 heterocycles. The van der Waals surface area contributed by atoms with E-state index < -0.39 is 29.0 Å². The van der Waals surface area contributed by atoms with Gasteiger partial charge in [0.25, 0.3) is 0 Å². The van der Waals surface area contributed by atoms with Crippen LogP contribution < -0.4 is 9.47 Å². The molecule has 0 spiro atoms. The molecule has 1 N–H and O–H groups in total. The van der Waals surface area contributed by atoms with Gasteiger partial charge in [-0.25, -0.2) is 22.8 Å². The third-order valence-corrected chi connectivity index (χ3v) is 6.72. The van der Waals surface area contributed by atoms with Gasteiger partial charge in [0.2, 0.25) is 5.60 Å². The normalized spacial score (nSPS) is 16.7. The largest absolute Gasteiger partial charge is 0.494 e. The van der Waals surface area contributed by atoms with Crippen molar-refractivity contribution in [1.29, 1.82) is 0 Å². The number of hydrogen-bond acceptors (Lipinski definition) is 4. The van der Waals surface area contributed by atoms with Crippen molar-refractivity contribution in [3.8, 4) is 11.5 Å². The summed E-state index contributed by atoms with van der Waals surface area (Å²) >= 11 is 0. The first-order valence-corrected chi connectivity index (χ1v) is 12.4. The predicted molar refractivity (Wildman–Crippen MR) is 137 cm³/mol. The van der Waals surface area contributed by atoms with Gasteiger partial charge in [-0.1, -0.05) is 30.3 Å². The number of aliphatic carboxylic acids is 1. The summed E-state index contributed by atoms with van der Waals surface area (Å²) in [6, 6.07) is 15.8. The SMILES string of the molecule is CN1C(=O)N(Cc2ccc(F)c(F)c2)CC1CCOc1ccc(CC(C)(Oc2ccccc2F)C(=O)O)cc1. The number of rotatable bonds is 11. The van der Waals surface area contributed by atoms with Crippen molar-refractivity contribution in [2.24, 2.45) is 0 Å². The number of halogens is 3. The van der Waals surface area contributed by atoms with E-state index in [4.69, 9.17) is 9.47 Å². The van der Waals surface area contributed by atoms with E-state index in [1.807, 2.05) is 0 Å². The Kier molecular flexibility index (Phi) is 8.32. The summed E-state index contributed by atoms with van der Waals surface area (Å²) < 4.78 is 52.1. The molecule has 3 aromatic carbocycles. The van der Waals surface area contributed by atoms with Crippen LogP contribution in [0.25, 0.3) is 0 Å². The lowest BCUT2D eigenvalue weighted by Gasteiger charge is -2.26. The van der Waals surface area contributed by atoms with Gasteiger partial charge < -0.3 is 24.4 Å². The van der Waals surface area contributed by atoms with Crippen LogP contribution in [-0.2, 0) is 17.8 Å². The Labute approximate surface area is 224 Å². The molecule has 1 aliphatic rings. The zero-order chi connectivity index (χ0) is 28.2. The third kappa shape index (κ3) is 6.63. The lowest BCUT2D eigenvalue weighted by molar-refractivity contribution is -0.153. The highest BCUT2D eigenvalue weighted by Gasteiger charge is 2.37. The van der Waals surface area contributed by atoms with Crippen molar-refractivity contribution in [3.63, 3.8) is 0 Å². The van der Waals surface area contributed by atoms with Crippen LogP contribution in [-0.4, -0.2) is 58.7 Å². The van der Waals surface area contributed by atoms with Crippen LogP contribution in [0.4, 0.5) is 18.0 Å². The smallest absolute Gasteiger partial charge is 0.348 e. The molecular formula is C29H29F3N2O5. The molecule has 4 rings (SSSR count). The maximum absolute atomic E-state index is 14.0. The van der Waals surface area contributed by atoms with Gasteiger partial charge in [0, 0.05) is 33.0 Å². The van der Waals surface area contributed by atoms with Crippen LogP contribution in [0, 0.1) is 17.5 Å². The van der Waals surface area contributed by atoms with Crippen LogP contribution in [0.1, 0.15) is 24.5 Å². The number of carboxylic acid groups (broad SMARTS) is 1. The topological polar surface area (TPSA) is 79.3 Å². The highest BCUT2D eigenvalue weighted by atomic mass is 19.2. The molecule has 3 aromatic rings. The maximum atomic E-state index is 14.0. The second-order valence-electron chi connectivity index (χ2n) is 9.70. The Hall–Kier alpha value is -4.21. The first-order chi connectivity index (χ1) is 18.6. The highest BCUT2D eigenvalue weighted by molar-refractivity contribution is 5.78. The minimum absolute atomic E-state index is 0.000280. The van der Waals surface area contributed by atoms with Gasteiger partial charge in [-0.3, -0.25) is 0 Å². The van der Waals surface area contributed by atoms with E-state index >= 15 is 0 Å². The van der Waals surface area contributed by atoms with Gasteiger partial charge in [-0.2, -0.15) is 0 Å². The monoisotopic (exact) mass is 542 g/mol. The number of urea groups is 1. The predicted octanol–water partition coefficient (Wildman–Crippen LogP) is 5.27. The molecule has 0 bridgehead atoms. The molecule has 39 heavy (non-hydrogen) atoms. The van der Waals surface area contributed by atoms with Crippen LogP contribution in [0.15, 0.2) is 66.7 Å². The lowest BCUT2D eigenvalue weighted by atomic mass is 9.96. The Balaban J connectivity index is 1.30. The molecule has 0 saturated carbocycles. The maximum Gasteiger partial charge on any atom is 0.348 e. The van der Waals surface area contributed by atoms with Gasteiger partial charge in [0.1, 0.15) is 5.75 Å². The number of amides is 2. The summed E-state index contributed by atoms with van der Waals surface area (Å²) in [5, 5.41) is 9.75. The van der Waals surface area contributed by atoms with Crippen molar-refractivity contribution in [1.82, 2.24) is 9.80 Å². The van der Waals surface area contributed by atoms with Crippen LogP contribution in [0.3, 0.4) is 0 Å². The summed E-state index contributed by atoms with van der Waals surface area (Å²) in [5.41, 5.74) is -0.515. The van der Waals surface area contributed by atoms with Gasteiger partial charge >= 0.3 is 12.0 Å². The quantitative estimate of drug-likeness (QED) is 0.357. The van der Waals surface area contributed by atoms with Crippen molar-refractivity contribution in [3.05, 3.63) is 95.3 Å². The number of carbonyl (C=O) groups excluding carboxylic acids is 1. The fraction of sp³-hybridized carbons (Fsp3) is 0.310. The first kappa shape index (κ1) is 27.8. The van der Waals surface area contributed by atoms with E-state index in [-0.39, 0.29) is 30.8 Å². The number of benzene rings is 3. The third-order valence-electron chi connectivity index (χ3n) is 6.72. The van der Waals surface area contributed by atoms with Crippen LogP contribution in [0.2, 0.25) is 0 Å². The van der Waals surface area contributed by atoms with E-state index in [0.717, 1.165) is 12.1 Å². The number of para-hydroxylation sites is 1. The average molecular weight is 543 g/mol. The van der Waals surface area contributed by atoms with Gasteiger partial charge in [-0.15, -0.1) is 0 Å². The average Bonchev–Trinajstić information content (AvgIpc) is 3.16. The number of likely N-dealkylation sites (N-methyl/N-ethyl adjacent to an activating group) is 1. The van der Waals surface area contributed by atoms with E-state index in [2.05, 4.69) is 0 Å². The molecule has 206 valence electrons. The Morgan fingerprint density at radius 3 is 2.36 bits per heavy atom. The van der Waals surface area contributed by atoms with Gasteiger partial charge in [0.15, 0.2) is 23.2 Å².